The van der Waals surface area contributed by atoms with Crippen LogP contribution >= 0.6 is 0 Å². The number of hydrogen-bond donors (Lipinski definition) is 1. The second-order valence-electron chi connectivity index (χ2n) is 15.5. The quantitative estimate of drug-likeness (QED) is 0.0554. The molecule has 4 heteroatoms. The lowest BCUT2D eigenvalue weighted by Crippen LogP contribution is -3.05. The molecule has 0 atom stereocenters. The predicted molar refractivity (Wildman–Crippen MR) is 204 cm³/mol. The fraction of sp³-hybridized carbons (Fsp3) is 1.00. The average molecular weight is 696 g/mol. The third kappa shape index (κ3) is 51.3. The minimum atomic E-state index is 0. The van der Waals surface area contributed by atoms with E-state index in [0.717, 1.165) is 0 Å². The van der Waals surface area contributed by atoms with Crippen LogP contribution in [0.3, 0.4) is 0 Å². The molecule has 284 valence electrons. The highest BCUT2D eigenvalue weighted by molar-refractivity contribution is 4.51. The number of unbranched alkanes of at least 4 members (excludes halogenated alkanes) is 30. The smallest absolute Gasteiger partial charge is 0.0782 e. The molecule has 0 saturated heterocycles. The summed E-state index contributed by atoms with van der Waals surface area (Å²) in [5.74, 6) is 0. The van der Waals surface area contributed by atoms with Crippen LogP contribution in [-0.2, 0) is 0 Å². The highest BCUT2D eigenvalue weighted by Crippen LogP contribution is 2.15. The van der Waals surface area contributed by atoms with Gasteiger partial charge in [0.25, 0.3) is 0 Å². The Hall–Kier alpha value is 0.500. The Bertz CT molecular complexity index is 498. The van der Waals surface area contributed by atoms with E-state index in [-0.39, 0.29) is 24.8 Å². The number of halogens is 2. The highest BCUT2D eigenvalue weighted by atomic mass is 35.5. The molecule has 2 nitrogen and oxygen atoms in total. The van der Waals surface area contributed by atoms with Crippen molar-refractivity contribution in [1.82, 2.24) is 0 Å². The Morgan fingerprint density at radius 2 is 0.543 bits per heavy atom. The van der Waals surface area contributed by atoms with Gasteiger partial charge in [-0.1, -0.05) is 194 Å². The van der Waals surface area contributed by atoms with E-state index >= 15 is 0 Å². The van der Waals surface area contributed by atoms with Crippen LogP contribution in [0.1, 0.15) is 226 Å². The third-order valence-corrected chi connectivity index (χ3v) is 10.0. The maximum atomic E-state index is 2.35. The van der Waals surface area contributed by atoms with Crippen LogP contribution in [-0.4, -0.2) is 52.3 Å². The van der Waals surface area contributed by atoms with Crippen molar-refractivity contribution in [3.63, 3.8) is 0 Å². The van der Waals surface area contributed by atoms with Crippen molar-refractivity contribution in [3.05, 3.63) is 0 Å². The molecule has 0 saturated carbocycles. The fourth-order valence-electron chi connectivity index (χ4n) is 6.27. The first-order valence-corrected chi connectivity index (χ1v) is 21.0. The first kappa shape index (κ1) is 53.3. The molecule has 1 N–H and O–H groups in total. The molecule has 0 fully saturated rings. The van der Waals surface area contributed by atoms with Crippen molar-refractivity contribution in [2.75, 3.05) is 47.8 Å². The Kier molecular flexibility index (Phi) is 52.7. The number of quaternary nitrogens is 2. The van der Waals surface area contributed by atoms with Crippen LogP contribution in [0.25, 0.3) is 0 Å². The maximum Gasteiger partial charge on any atom is 0.0782 e. The molecule has 0 aromatic heterocycles. The van der Waals surface area contributed by atoms with E-state index in [0.29, 0.717) is 0 Å². The molecule has 0 unspecified atom stereocenters. The molecular formula is C42H92Cl2N2. The SMILES string of the molecule is CCCCCCCCCCCCCCCCCC[N+](C)(C)CC.CCCCCCCCCCCCCCCCCC[NH+](C)C.[Cl-].[Cl-]. The Morgan fingerprint density at radius 1 is 0.326 bits per heavy atom. The molecule has 0 aliphatic heterocycles. The number of nitrogens with one attached hydrogen (secondary N) is 1. The summed E-state index contributed by atoms with van der Waals surface area (Å²) in [4.78, 5) is 1.60. The summed E-state index contributed by atoms with van der Waals surface area (Å²) >= 11 is 0. The summed E-state index contributed by atoms with van der Waals surface area (Å²) in [6.45, 7) is 10.9. The van der Waals surface area contributed by atoms with E-state index in [1.807, 2.05) is 0 Å². The minimum Gasteiger partial charge on any atom is -1.00 e. The number of nitrogens with zero attached hydrogens (tertiary/aromatic N) is 1. The second-order valence-corrected chi connectivity index (χ2v) is 15.5. The average Bonchev–Trinajstić information content (AvgIpc) is 3.01. The predicted octanol–water partition coefficient (Wildman–Crippen LogP) is 6.74. The fourth-order valence-corrected chi connectivity index (χ4v) is 6.27. The molecule has 0 bridgehead atoms. The van der Waals surface area contributed by atoms with Crippen molar-refractivity contribution in [1.29, 1.82) is 0 Å². The van der Waals surface area contributed by atoms with E-state index in [9.17, 15) is 0 Å². The van der Waals surface area contributed by atoms with Crippen molar-refractivity contribution in [3.8, 4) is 0 Å². The molecule has 0 rings (SSSR count). The topological polar surface area (TPSA) is 4.44 Å². The van der Waals surface area contributed by atoms with Gasteiger partial charge in [-0.25, -0.2) is 0 Å². The zero-order valence-corrected chi connectivity index (χ0v) is 35.0. The lowest BCUT2D eigenvalue weighted by Gasteiger charge is -2.28. The summed E-state index contributed by atoms with van der Waals surface area (Å²) in [6.07, 6.45) is 46.8. The molecule has 0 radical (unpaired) electrons. The standard InChI is InChI=1S/C22H48N.C20H43N.2ClH/c1-5-7-8-9-10-11-12-13-14-15-16-17-18-19-20-21-22-23(3,4)6-2;1-4-5-6-7-8-9-10-11-12-13-14-15-16-17-18-19-20-21(2)3;;/h5-22H2,1-4H3;4-20H2,1-3H3;2*1H/q+1;;;/p-1. The van der Waals surface area contributed by atoms with Crippen LogP contribution in [0.4, 0.5) is 0 Å². The van der Waals surface area contributed by atoms with Crippen molar-refractivity contribution in [2.24, 2.45) is 0 Å². The lowest BCUT2D eigenvalue weighted by molar-refractivity contribution is -0.888. The van der Waals surface area contributed by atoms with E-state index in [4.69, 9.17) is 0 Å². The number of rotatable bonds is 35. The van der Waals surface area contributed by atoms with E-state index < -0.39 is 0 Å². The van der Waals surface area contributed by atoms with E-state index in [2.05, 4.69) is 49.0 Å². The van der Waals surface area contributed by atoms with Crippen LogP contribution in [0.2, 0.25) is 0 Å². The zero-order valence-electron chi connectivity index (χ0n) is 33.5. The third-order valence-electron chi connectivity index (χ3n) is 10.0. The molecule has 0 aliphatic carbocycles. The van der Waals surface area contributed by atoms with Crippen LogP contribution in [0.5, 0.6) is 0 Å². The summed E-state index contributed by atoms with van der Waals surface area (Å²) in [5, 5.41) is 0. The Morgan fingerprint density at radius 3 is 0.761 bits per heavy atom. The largest absolute Gasteiger partial charge is 1.00 e. The number of hydrogen-bond acceptors (Lipinski definition) is 0. The molecule has 0 aromatic carbocycles. The van der Waals surface area contributed by atoms with Gasteiger partial charge in [0.2, 0.25) is 0 Å². The summed E-state index contributed by atoms with van der Waals surface area (Å²) < 4.78 is 1.19. The maximum absolute atomic E-state index is 2.35. The molecule has 0 aromatic rings. The Balaban J connectivity index is -0.000000369. The summed E-state index contributed by atoms with van der Waals surface area (Å²) in [5.41, 5.74) is 0. The van der Waals surface area contributed by atoms with Crippen molar-refractivity contribution < 1.29 is 34.2 Å². The van der Waals surface area contributed by atoms with Gasteiger partial charge in [-0.05, 0) is 32.6 Å². The minimum absolute atomic E-state index is 0. The van der Waals surface area contributed by atoms with Gasteiger partial charge in [0.15, 0.2) is 0 Å². The summed E-state index contributed by atoms with van der Waals surface area (Å²) in [6, 6.07) is 0. The molecule has 0 amide bonds. The second kappa shape index (κ2) is 45.5. The van der Waals surface area contributed by atoms with Crippen LogP contribution < -0.4 is 29.7 Å². The van der Waals surface area contributed by atoms with E-state index in [1.165, 1.54) is 230 Å². The Labute approximate surface area is 307 Å². The first-order valence-electron chi connectivity index (χ1n) is 21.0. The van der Waals surface area contributed by atoms with Crippen LogP contribution in [0.15, 0.2) is 0 Å². The van der Waals surface area contributed by atoms with Crippen LogP contribution in [0, 0.1) is 0 Å². The normalized spacial score (nSPS) is 11.2. The van der Waals surface area contributed by atoms with Gasteiger partial charge in [0, 0.05) is 0 Å². The van der Waals surface area contributed by atoms with Gasteiger partial charge in [0.1, 0.15) is 0 Å². The van der Waals surface area contributed by atoms with Gasteiger partial charge in [0.05, 0.1) is 47.8 Å². The molecular weight excluding hydrogens is 603 g/mol. The molecule has 0 aliphatic rings. The highest BCUT2D eigenvalue weighted by Gasteiger charge is 2.10. The van der Waals surface area contributed by atoms with Crippen molar-refractivity contribution in [2.45, 2.75) is 226 Å². The van der Waals surface area contributed by atoms with Gasteiger partial charge >= 0.3 is 0 Å². The van der Waals surface area contributed by atoms with Gasteiger partial charge < -0.3 is 34.2 Å². The molecule has 0 spiro atoms. The lowest BCUT2D eigenvalue weighted by atomic mass is 10.0. The molecule has 0 heterocycles. The van der Waals surface area contributed by atoms with Gasteiger partial charge in [-0.2, -0.15) is 0 Å². The summed E-state index contributed by atoms with van der Waals surface area (Å²) in [7, 11) is 9.22. The van der Waals surface area contributed by atoms with E-state index in [1.54, 1.807) is 4.90 Å². The van der Waals surface area contributed by atoms with Crippen molar-refractivity contribution >= 4 is 0 Å². The molecule has 46 heavy (non-hydrogen) atoms. The zero-order chi connectivity index (χ0) is 32.8. The monoisotopic (exact) mass is 695 g/mol. The van der Waals surface area contributed by atoms with Gasteiger partial charge in [-0.15, -0.1) is 0 Å². The van der Waals surface area contributed by atoms with Gasteiger partial charge in [-0.3, -0.25) is 0 Å². The first-order chi connectivity index (χ1) is 21.4.